The van der Waals surface area contributed by atoms with Crippen LogP contribution in [0.1, 0.15) is 6.42 Å². The second-order valence-corrected chi connectivity index (χ2v) is 6.58. The van der Waals surface area contributed by atoms with Gasteiger partial charge in [0.2, 0.25) is 5.91 Å². The van der Waals surface area contributed by atoms with Crippen molar-refractivity contribution in [2.24, 2.45) is 0 Å². The van der Waals surface area contributed by atoms with E-state index in [4.69, 9.17) is 4.74 Å². The smallest absolute Gasteiger partial charge is 0.259 e. The van der Waals surface area contributed by atoms with E-state index in [-0.39, 0.29) is 12.3 Å². The third kappa shape index (κ3) is 3.39. The molecule has 1 atom stereocenters. The molecule has 2 heterocycles. The van der Waals surface area contributed by atoms with Gasteiger partial charge in [-0.3, -0.25) is 14.8 Å². The zero-order chi connectivity index (χ0) is 18.8. The molecule has 2 saturated heterocycles. The van der Waals surface area contributed by atoms with E-state index in [2.05, 4.69) is 4.90 Å². The predicted octanol–water partition coefficient (Wildman–Crippen LogP) is 2.05. The number of imide groups is 1. The first kappa shape index (κ1) is 17.5. The zero-order valence-electron chi connectivity index (χ0n) is 14.8. The molecule has 140 valence electrons. The van der Waals surface area contributed by atoms with Crippen LogP contribution in [0, 0.1) is 0 Å². The van der Waals surface area contributed by atoms with Crippen molar-refractivity contribution < 1.29 is 19.5 Å². The lowest BCUT2D eigenvalue weighted by atomic mass is 10.2. The summed E-state index contributed by atoms with van der Waals surface area (Å²) in [5, 5.41) is 11.3. The van der Waals surface area contributed by atoms with Crippen molar-refractivity contribution in [1.29, 1.82) is 0 Å². The fourth-order valence-electron chi connectivity index (χ4n) is 3.47. The topological polar surface area (TPSA) is 73.3 Å². The van der Waals surface area contributed by atoms with Gasteiger partial charge in [-0.15, -0.1) is 0 Å². The third-order valence-electron chi connectivity index (χ3n) is 4.92. The van der Waals surface area contributed by atoms with Crippen LogP contribution in [-0.2, 0) is 14.3 Å². The maximum Gasteiger partial charge on any atom is 0.259 e. The maximum atomic E-state index is 12.8. The number of carbonyl (C=O) groups excluding carboxylic acids is 2. The normalized spacial score (nSPS) is 20.3. The SMILES string of the molecule is O=C1C[C@H](N(O)c2ccccc2)C(=O)N1c1ccc(N2CCOCC2)cc1. The first-order chi connectivity index (χ1) is 13.1. The molecular weight excluding hydrogens is 346 g/mol. The minimum Gasteiger partial charge on any atom is -0.378 e. The Labute approximate surface area is 157 Å². The van der Waals surface area contributed by atoms with E-state index in [9.17, 15) is 14.8 Å². The second kappa shape index (κ2) is 7.38. The number of amides is 2. The van der Waals surface area contributed by atoms with Crippen molar-refractivity contribution in [3.63, 3.8) is 0 Å². The van der Waals surface area contributed by atoms with Crippen molar-refractivity contribution in [3.8, 4) is 0 Å². The quantitative estimate of drug-likeness (QED) is 0.659. The summed E-state index contributed by atoms with van der Waals surface area (Å²) in [4.78, 5) is 28.6. The van der Waals surface area contributed by atoms with E-state index >= 15 is 0 Å². The number of anilines is 3. The molecule has 0 spiro atoms. The van der Waals surface area contributed by atoms with Crippen molar-refractivity contribution in [1.82, 2.24) is 0 Å². The summed E-state index contributed by atoms with van der Waals surface area (Å²) in [6, 6.07) is 15.2. The number of para-hydroxylation sites is 1. The lowest BCUT2D eigenvalue weighted by Crippen LogP contribution is -2.40. The number of ether oxygens (including phenoxy) is 1. The summed E-state index contributed by atoms with van der Waals surface area (Å²) in [6.07, 6.45) is -0.0601. The Morgan fingerprint density at radius 2 is 1.56 bits per heavy atom. The van der Waals surface area contributed by atoms with Gasteiger partial charge in [-0.05, 0) is 36.4 Å². The van der Waals surface area contributed by atoms with Crippen LogP contribution in [-0.4, -0.2) is 49.4 Å². The Morgan fingerprint density at radius 1 is 0.926 bits per heavy atom. The highest BCUT2D eigenvalue weighted by Crippen LogP contribution is 2.29. The number of hydrogen-bond donors (Lipinski definition) is 1. The molecule has 0 radical (unpaired) electrons. The van der Waals surface area contributed by atoms with Gasteiger partial charge in [0.15, 0.2) is 0 Å². The van der Waals surface area contributed by atoms with Crippen LogP contribution in [0.4, 0.5) is 17.1 Å². The minimum absolute atomic E-state index is 0.0601. The Balaban J connectivity index is 1.52. The molecule has 0 unspecified atom stereocenters. The number of hydrogen-bond acceptors (Lipinski definition) is 6. The van der Waals surface area contributed by atoms with Crippen molar-refractivity contribution in [2.75, 3.05) is 41.2 Å². The number of hydroxylamine groups is 1. The first-order valence-electron chi connectivity index (χ1n) is 8.98. The van der Waals surface area contributed by atoms with Crippen LogP contribution in [0.2, 0.25) is 0 Å². The fraction of sp³-hybridized carbons (Fsp3) is 0.300. The number of carbonyl (C=O) groups is 2. The second-order valence-electron chi connectivity index (χ2n) is 6.58. The highest BCUT2D eigenvalue weighted by Gasteiger charge is 2.43. The van der Waals surface area contributed by atoms with Crippen LogP contribution >= 0.6 is 0 Å². The Kier molecular flexibility index (Phi) is 4.79. The van der Waals surface area contributed by atoms with Crippen molar-refractivity contribution in [2.45, 2.75) is 12.5 Å². The van der Waals surface area contributed by atoms with Crippen LogP contribution in [0.15, 0.2) is 54.6 Å². The monoisotopic (exact) mass is 367 g/mol. The van der Waals surface area contributed by atoms with Gasteiger partial charge in [0.05, 0.1) is 31.0 Å². The predicted molar refractivity (Wildman–Crippen MR) is 101 cm³/mol. The number of rotatable bonds is 4. The molecular formula is C20H21N3O4. The molecule has 2 aromatic rings. The summed E-state index contributed by atoms with van der Waals surface area (Å²) < 4.78 is 5.36. The molecule has 1 N–H and O–H groups in total. The highest BCUT2D eigenvalue weighted by atomic mass is 16.5. The minimum atomic E-state index is -0.918. The molecule has 0 bridgehead atoms. The van der Waals surface area contributed by atoms with Crippen LogP contribution in [0.5, 0.6) is 0 Å². The van der Waals surface area contributed by atoms with Gasteiger partial charge in [-0.1, -0.05) is 18.2 Å². The lowest BCUT2D eigenvalue weighted by Gasteiger charge is -2.29. The Hall–Kier alpha value is -2.90. The lowest BCUT2D eigenvalue weighted by molar-refractivity contribution is -0.121. The Bertz CT molecular complexity index is 819. The van der Waals surface area contributed by atoms with E-state index in [0.717, 1.165) is 28.7 Å². The van der Waals surface area contributed by atoms with Crippen LogP contribution < -0.4 is 14.9 Å². The van der Waals surface area contributed by atoms with Gasteiger partial charge in [-0.25, -0.2) is 9.96 Å². The largest absolute Gasteiger partial charge is 0.378 e. The fourth-order valence-corrected chi connectivity index (χ4v) is 3.47. The average Bonchev–Trinajstić information content (AvgIpc) is 3.03. The molecule has 0 saturated carbocycles. The zero-order valence-corrected chi connectivity index (χ0v) is 14.8. The summed E-state index contributed by atoms with van der Waals surface area (Å²) in [5.41, 5.74) is 2.03. The molecule has 4 rings (SSSR count). The molecule has 2 fully saturated rings. The van der Waals surface area contributed by atoms with Gasteiger partial charge in [-0.2, -0.15) is 0 Å². The van der Waals surface area contributed by atoms with Gasteiger partial charge in [0.25, 0.3) is 5.91 Å². The summed E-state index contributed by atoms with van der Waals surface area (Å²) in [7, 11) is 0. The van der Waals surface area contributed by atoms with Crippen LogP contribution in [0.25, 0.3) is 0 Å². The van der Waals surface area contributed by atoms with Crippen molar-refractivity contribution >= 4 is 28.9 Å². The number of morpholine rings is 1. The third-order valence-corrected chi connectivity index (χ3v) is 4.92. The number of benzene rings is 2. The number of nitrogens with zero attached hydrogens (tertiary/aromatic N) is 3. The molecule has 27 heavy (non-hydrogen) atoms. The van der Waals surface area contributed by atoms with Gasteiger partial charge in [0, 0.05) is 18.8 Å². The molecule has 2 aliphatic heterocycles. The van der Waals surface area contributed by atoms with Gasteiger partial charge in [0.1, 0.15) is 6.04 Å². The molecule has 0 aromatic heterocycles. The first-order valence-corrected chi connectivity index (χ1v) is 8.98. The molecule has 7 heteroatoms. The van der Waals surface area contributed by atoms with Gasteiger partial charge >= 0.3 is 0 Å². The van der Waals surface area contributed by atoms with E-state index in [1.54, 1.807) is 36.4 Å². The standard InChI is InChI=1S/C20H21N3O4/c24-19-14-18(23(26)17-4-2-1-3-5-17)20(25)22(19)16-8-6-15(7-9-16)21-10-12-27-13-11-21/h1-9,18,26H,10-14H2/t18-/m0/s1. The van der Waals surface area contributed by atoms with E-state index in [0.29, 0.717) is 24.6 Å². The highest BCUT2D eigenvalue weighted by molar-refractivity contribution is 6.23. The summed E-state index contributed by atoms with van der Waals surface area (Å²) >= 11 is 0. The molecule has 7 nitrogen and oxygen atoms in total. The average molecular weight is 367 g/mol. The molecule has 2 amide bonds. The van der Waals surface area contributed by atoms with E-state index < -0.39 is 11.9 Å². The van der Waals surface area contributed by atoms with E-state index in [1.165, 1.54) is 0 Å². The molecule has 2 aliphatic rings. The molecule has 2 aromatic carbocycles. The Morgan fingerprint density at radius 3 is 2.22 bits per heavy atom. The van der Waals surface area contributed by atoms with Crippen LogP contribution in [0.3, 0.4) is 0 Å². The van der Waals surface area contributed by atoms with E-state index in [1.807, 2.05) is 18.2 Å². The maximum absolute atomic E-state index is 12.8. The summed E-state index contributed by atoms with van der Waals surface area (Å²) in [5.74, 6) is -0.746. The summed E-state index contributed by atoms with van der Waals surface area (Å²) in [6.45, 7) is 3.02. The van der Waals surface area contributed by atoms with Gasteiger partial charge < -0.3 is 9.64 Å². The van der Waals surface area contributed by atoms with Crippen molar-refractivity contribution in [3.05, 3.63) is 54.6 Å². The molecule has 0 aliphatic carbocycles.